The number of carbonyl (C=O) groups is 2. The van der Waals surface area contributed by atoms with Crippen molar-refractivity contribution in [3.63, 3.8) is 0 Å². The summed E-state index contributed by atoms with van der Waals surface area (Å²) in [5.74, 6) is -3.02. The largest absolute Gasteiger partial charge is 0.346 e. The fourth-order valence-corrected chi connectivity index (χ4v) is 5.51. The highest BCUT2D eigenvalue weighted by atomic mass is 19.3. The molecule has 3 aromatic rings. The molecule has 2 amide bonds. The van der Waals surface area contributed by atoms with Crippen LogP contribution in [-0.2, 0) is 9.59 Å². The van der Waals surface area contributed by atoms with E-state index in [-0.39, 0.29) is 25.2 Å². The number of amides is 2. The minimum absolute atomic E-state index is 0.0278. The number of carbonyl (C=O) groups excluding carboxylic acids is 2. The van der Waals surface area contributed by atoms with Gasteiger partial charge in [0.25, 0.3) is 5.92 Å². The van der Waals surface area contributed by atoms with Gasteiger partial charge in [0.2, 0.25) is 0 Å². The summed E-state index contributed by atoms with van der Waals surface area (Å²) in [5, 5.41) is 0. The SMILES string of the molecule is Cc1ccc(-c2ccc(-c3c[nH]c(C4C[C@@H]5CC5N4C(=O)C(=O)N4CCC(F)(F)CC4)n3)cc2)cc1. The Bertz CT molecular complexity index is 1290. The molecule has 6 nitrogen and oxygen atoms in total. The van der Waals surface area contributed by atoms with Gasteiger partial charge >= 0.3 is 11.8 Å². The smallest absolute Gasteiger partial charge is 0.312 e. The molecule has 1 N–H and O–H groups in total. The Labute approximate surface area is 208 Å². The molecule has 3 aliphatic rings. The van der Waals surface area contributed by atoms with Crippen LogP contribution in [0.25, 0.3) is 22.4 Å². The van der Waals surface area contributed by atoms with Crippen LogP contribution in [0.1, 0.15) is 43.1 Å². The summed E-state index contributed by atoms with van der Waals surface area (Å²) in [6.45, 7) is 1.89. The molecular weight excluding hydrogens is 462 g/mol. The highest BCUT2D eigenvalue weighted by molar-refractivity contribution is 6.35. The molecule has 2 saturated heterocycles. The minimum Gasteiger partial charge on any atom is -0.346 e. The second-order valence-electron chi connectivity index (χ2n) is 10.3. The molecule has 186 valence electrons. The lowest BCUT2D eigenvalue weighted by atomic mass is 10.0. The van der Waals surface area contributed by atoms with Gasteiger partial charge in [-0.05, 0) is 36.8 Å². The fraction of sp³-hybridized carbons (Fsp3) is 0.393. The monoisotopic (exact) mass is 490 g/mol. The quantitative estimate of drug-likeness (QED) is 0.527. The molecule has 2 unspecified atom stereocenters. The normalized spacial score (nSPS) is 24.5. The number of H-pyrrole nitrogens is 1. The summed E-state index contributed by atoms with van der Waals surface area (Å²) in [7, 11) is 0. The average molecular weight is 491 g/mol. The van der Waals surface area contributed by atoms with E-state index in [0.29, 0.717) is 11.7 Å². The van der Waals surface area contributed by atoms with Crippen molar-refractivity contribution in [3.05, 3.63) is 66.1 Å². The van der Waals surface area contributed by atoms with Crippen LogP contribution in [0.15, 0.2) is 54.7 Å². The Kier molecular flexibility index (Phi) is 5.43. The highest BCUT2D eigenvalue weighted by Crippen LogP contribution is 2.53. The Balaban J connectivity index is 1.18. The first-order chi connectivity index (χ1) is 17.3. The zero-order valence-corrected chi connectivity index (χ0v) is 20.1. The number of aromatic amines is 1. The number of likely N-dealkylation sites (tertiary alicyclic amines) is 2. The molecule has 3 atom stereocenters. The third kappa shape index (κ3) is 4.18. The molecular formula is C28H28F2N4O2. The van der Waals surface area contributed by atoms with Crippen LogP contribution >= 0.6 is 0 Å². The third-order valence-electron chi connectivity index (χ3n) is 7.78. The van der Waals surface area contributed by atoms with E-state index in [4.69, 9.17) is 4.98 Å². The maximum Gasteiger partial charge on any atom is 0.312 e. The minimum atomic E-state index is -2.76. The van der Waals surface area contributed by atoms with E-state index in [1.165, 1.54) is 10.5 Å². The zero-order valence-electron chi connectivity index (χ0n) is 20.1. The molecule has 0 bridgehead atoms. The molecule has 36 heavy (non-hydrogen) atoms. The zero-order chi connectivity index (χ0) is 25.0. The first-order valence-electron chi connectivity index (χ1n) is 12.5. The second kappa shape index (κ2) is 8.54. The number of hydrogen-bond acceptors (Lipinski definition) is 3. The van der Waals surface area contributed by atoms with Gasteiger partial charge in [-0.1, -0.05) is 54.1 Å². The summed E-state index contributed by atoms with van der Waals surface area (Å²) in [4.78, 5) is 37.0. The van der Waals surface area contributed by atoms with Crippen molar-refractivity contribution in [2.24, 2.45) is 5.92 Å². The number of aryl methyl sites for hydroxylation is 1. The number of piperidine rings is 2. The topological polar surface area (TPSA) is 69.3 Å². The van der Waals surface area contributed by atoms with Crippen molar-refractivity contribution < 1.29 is 18.4 Å². The molecule has 8 heteroatoms. The van der Waals surface area contributed by atoms with Crippen molar-refractivity contribution in [1.29, 1.82) is 0 Å². The van der Waals surface area contributed by atoms with Crippen LogP contribution in [0.2, 0.25) is 0 Å². The van der Waals surface area contributed by atoms with Crippen LogP contribution in [0, 0.1) is 12.8 Å². The first-order valence-corrected chi connectivity index (χ1v) is 12.5. The number of benzene rings is 2. The van der Waals surface area contributed by atoms with Crippen molar-refractivity contribution in [2.45, 2.75) is 50.6 Å². The summed E-state index contributed by atoms with van der Waals surface area (Å²) in [6, 6.07) is 16.3. The van der Waals surface area contributed by atoms with Crippen LogP contribution < -0.4 is 0 Å². The molecule has 3 fully saturated rings. The molecule has 0 spiro atoms. The number of fused-ring (bicyclic) bond motifs is 1. The number of imidazole rings is 1. The Hall–Kier alpha value is -3.55. The lowest BCUT2D eigenvalue weighted by molar-refractivity contribution is -0.156. The number of nitrogens with zero attached hydrogens (tertiary/aromatic N) is 3. The van der Waals surface area contributed by atoms with Crippen LogP contribution in [0.5, 0.6) is 0 Å². The average Bonchev–Trinajstić information content (AvgIpc) is 3.29. The molecule has 3 heterocycles. The second-order valence-corrected chi connectivity index (χ2v) is 10.3. The Morgan fingerprint density at radius 3 is 2.19 bits per heavy atom. The summed E-state index contributed by atoms with van der Waals surface area (Å²) < 4.78 is 27.0. The van der Waals surface area contributed by atoms with Crippen molar-refractivity contribution in [2.75, 3.05) is 13.1 Å². The fourth-order valence-electron chi connectivity index (χ4n) is 5.51. The van der Waals surface area contributed by atoms with E-state index in [2.05, 4.69) is 48.3 Å². The molecule has 0 radical (unpaired) electrons. The number of halogens is 2. The molecule has 2 aliphatic heterocycles. The van der Waals surface area contributed by atoms with Gasteiger partial charge < -0.3 is 14.8 Å². The predicted molar refractivity (Wildman–Crippen MR) is 131 cm³/mol. The first kappa shape index (κ1) is 22.9. The van der Waals surface area contributed by atoms with Gasteiger partial charge in [-0.15, -0.1) is 0 Å². The number of nitrogens with one attached hydrogen (secondary N) is 1. The van der Waals surface area contributed by atoms with Crippen LogP contribution in [0.3, 0.4) is 0 Å². The van der Waals surface area contributed by atoms with Gasteiger partial charge in [0, 0.05) is 43.7 Å². The lowest BCUT2D eigenvalue weighted by Crippen LogP contribution is -2.50. The van der Waals surface area contributed by atoms with E-state index in [9.17, 15) is 18.4 Å². The predicted octanol–water partition coefficient (Wildman–Crippen LogP) is 4.97. The maximum absolute atomic E-state index is 13.5. The van der Waals surface area contributed by atoms with E-state index < -0.39 is 30.6 Å². The summed E-state index contributed by atoms with van der Waals surface area (Å²) in [6.07, 6.45) is 2.66. The number of alkyl halides is 2. The van der Waals surface area contributed by atoms with Gasteiger partial charge in [0.15, 0.2) is 0 Å². The van der Waals surface area contributed by atoms with Crippen molar-refractivity contribution in [1.82, 2.24) is 19.8 Å². The van der Waals surface area contributed by atoms with Gasteiger partial charge in [0.1, 0.15) is 5.82 Å². The number of rotatable bonds is 3. The standard InChI is InChI=1S/C28H28F2N4O2/c1-17-2-4-18(5-3-17)19-6-8-20(9-7-19)22-16-31-25(32-22)24-15-21-14-23(21)34(24)27(36)26(35)33-12-10-28(29,30)11-13-33/h2-9,16,21,23-24H,10-15H2,1H3,(H,31,32)/t21-,23?,24?/m0/s1. The Morgan fingerprint density at radius 2 is 1.53 bits per heavy atom. The summed E-state index contributed by atoms with van der Waals surface area (Å²) in [5.41, 5.74) is 5.22. The van der Waals surface area contributed by atoms with E-state index in [1.54, 1.807) is 4.90 Å². The van der Waals surface area contributed by atoms with Gasteiger partial charge in [-0.3, -0.25) is 9.59 Å². The van der Waals surface area contributed by atoms with E-state index in [1.807, 2.05) is 18.3 Å². The Morgan fingerprint density at radius 1 is 0.917 bits per heavy atom. The van der Waals surface area contributed by atoms with Gasteiger partial charge in [0.05, 0.1) is 11.7 Å². The van der Waals surface area contributed by atoms with Gasteiger partial charge in [-0.25, -0.2) is 13.8 Å². The molecule has 2 aromatic carbocycles. The molecule has 1 saturated carbocycles. The summed E-state index contributed by atoms with van der Waals surface area (Å²) >= 11 is 0. The maximum atomic E-state index is 13.5. The van der Waals surface area contributed by atoms with Crippen LogP contribution in [-0.4, -0.2) is 56.6 Å². The van der Waals surface area contributed by atoms with E-state index >= 15 is 0 Å². The lowest BCUT2D eigenvalue weighted by Gasteiger charge is -2.33. The number of hydrogen-bond donors (Lipinski definition) is 1. The number of aromatic nitrogens is 2. The van der Waals surface area contributed by atoms with Crippen molar-refractivity contribution >= 4 is 11.8 Å². The van der Waals surface area contributed by atoms with Crippen LogP contribution in [0.4, 0.5) is 8.78 Å². The van der Waals surface area contributed by atoms with E-state index in [0.717, 1.165) is 35.2 Å². The molecule has 1 aromatic heterocycles. The van der Waals surface area contributed by atoms with Crippen molar-refractivity contribution in [3.8, 4) is 22.4 Å². The van der Waals surface area contributed by atoms with Gasteiger partial charge in [-0.2, -0.15) is 0 Å². The molecule has 1 aliphatic carbocycles. The third-order valence-corrected chi connectivity index (χ3v) is 7.78. The molecule has 6 rings (SSSR count). The highest BCUT2D eigenvalue weighted by Gasteiger charge is 2.56.